The van der Waals surface area contributed by atoms with Crippen LogP contribution in [0.5, 0.6) is 0 Å². The molecular weight excluding hydrogens is 408 g/mol. The van der Waals surface area contributed by atoms with Crippen molar-refractivity contribution in [1.82, 2.24) is 29.5 Å². The van der Waals surface area contributed by atoms with Crippen LogP contribution in [0.3, 0.4) is 0 Å². The van der Waals surface area contributed by atoms with Gasteiger partial charge < -0.3 is 0 Å². The first-order valence-corrected chi connectivity index (χ1v) is 12.0. The van der Waals surface area contributed by atoms with Crippen molar-refractivity contribution < 1.29 is 0 Å². The summed E-state index contributed by atoms with van der Waals surface area (Å²) >= 11 is 1.92. The quantitative estimate of drug-likeness (QED) is 0.591. The smallest absolute Gasteiger partial charge is 0.266 e. The number of hydrogen-bond acceptors (Lipinski definition) is 7. The zero-order valence-electron chi connectivity index (χ0n) is 17.7. The molecule has 5 rings (SSSR count). The third-order valence-corrected chi connectivity index (χ3v) is 7.31. The number of fused-ring (bicyclic) bond motifs is 1. The van der Waals surface area contributed by atoms with E-state index >= 15 is 0 Å². The Morgan fingerprint density at radius 2 is 1.81 bits per heavy atom. The summed E-state index contributed by atoms with van der Waals surface area (Å²) in [4.78, 5) is 27.8. The van der Waals surface area contributed by atoms with Gasteiger partial charge in [-0.25, -0.2) is 9.67 Å². The molecule has 0 unspecified atom stereocenters. The lowest BCUT2D eigenvalue weighted by atomic mass is 10.0. The van der Waals surface area contributed by atoms with Gasteiger partial charge in [-0.1, -0.05) is 0 Å². The van der Waals surface area contributed by atoms with Crippen LogP contribution < -0.4 is 5.56 Å². The van der Waals surface area contributed by atoms with Crippen LogP contribution >= 0.6 is 11.3 Å². The summed E-state index contributed by atoms with van der Waals surface area (Å²) in [6.45, 7) is 6.53. The van der Waals surface area contributed by atoms with Crippen molar-refractivity contribution in [3.63, 3.8) is 0 Å². The summed E-state index contributed by atoms with van der Waals surface area (Å²) in [5.74, 6) is 0. The molecule has 1 aliphatic heterocycles. The summed E-state index contributed by atoms with van der Waals surface area (Å²) in [5, 5.41) is 5.83. The van der Waals surface area contributed by atoms with Crippen LogP contribution in [0.1, 0.15) is 28.4 Å². The molecule has 1 aliphatic carbocycles. The maximum Gasteiger partial charge on any atom is 0.266 e. The molecule has 0 radical (unpaired) electrons. The Morgan fingerprint density at radius 3 is 2.61 bits per heavy atom. The number of thiazole rings is 1. The summed E-state index contributed by atoms with van der Waals surface area (Å²) in [7, 11) is 0. The molecule has 3 aromatic heterocycles. The lowest BCUT2D eigenvalue weighted by Crippen LogP contribution is -2.47. The summed E-state index contributed by atoms with van der Waals surface area (Å²) < 4.78 is 1.58. The van der Waals surface area contributed by atoms with Gasteiger partial charge in [-0.3, -0.25) is 19.6 Å². The van der Waals surface area contributed by atoms with Gasteiger partial charge in [-0.05, 0) is 43.9 Å². The molecule has 0 aromatic carbocycles. The van der Waals surface area contributed by atoms with E-state index in [1.807, 2.05) is 23.5 Å². The van der Waals surface area contributed by atoms with Crippen molar-refractivity contribution in [3.8, 4) is 11.3 Å². The summed E-state index contributed by atoms with van der Waals surface area (Å²) in [6, 6.07) is 7.21. The summed E-state index contributed by atoms with van der Waals surface area (Å²) in [5.41, 5.74) is 3.01. The monoisotopic (exact) mass is 436 g/mol. The average Bonchev–Trinajstić information content (AvgIpc) is 3.22. The molecule has 162 valence electrons. The Kier molecular flexibility index (Phi) is 6.20. The fourth-order valence-electron chi connectivity index (χ4n) is 4.35. The molecule has 3 aromatic rings. The van der Waals surface area contributed by atoms with Crippen molar-refractivity contribution in [2.24, 2.45) is 0 Å². The number of rotatable bonds is 6. The summed E-state index contributed by atoms with van der Waals surface area (Å²) in [6.07, 6.45) is 8.50. The van der Waals surface area contributed by atoms with Crippen LogP contribution in [0, 0.1) is 0 Å². The Balaban J connectivity index is 1.14. The second-order valence-electron chi connectivity index (χ2n) is 8.32. The van der Waals surface area contributed by atoms with Crippen LogP contribution in [-0.4, -0.2) is 62.3 Å². The molecule has 1 fully saturated rings. The van der Waals surface area contributed by atoms with Crippen molar-refractivity contribution in [2.75, 3.05) is 32.7 Å². The highest BCUT2D eigenvalue weighted by atomic mass is 32.1. The van der Waals surface area contributed by atoms with Crippen LogP contribution in [-0.2, 0) is 25.9 Å². The molecule has 0 bridgehead atoms. The number of pyridine rings is 1. The topological polar surface area (TPSA) is 67.2 Å². The second kappa shape index (κ2) is 9.38. The van der Waals surface area contributed by atoms with Crippen LogP contribution in [0.25, 0.3) is 11.3 Å². The fraction of sp³-hybridized carbons (Fsp3) is 0.478. The predicted molar refractivity (Wildman–Crippen MR) is 122 cm³/mol. The van der Waals surface area contributed by atoms with Gasteiger partial charge in [0, 0.05) is 61.6 Å². The van der Waals surface area contributed by atoms with Crippen molar-refractivity contribution in [3.05, 3.63) is 62.6 Å². The molecular formula is C23H28N6OS. The number of aryl methyl sites for hydroxylation is 2. The minimum Gasteiger partial charge on any atom is -0.299 e. The molecule has 7 nitrogen and oxygen atoms in total. The average molecular weight is 437 g/mol. The number of nitrogens with zero attached hydrogens (tertiary/aromatic N) is 6. The van der Waals surface area contributed by atoms with Gasteiger partial charge in [0.15, 0.2) is 0 Å². The van der Waals surface area contributed by atoms with E-state index < -0.39 is 0 Å². The molecule has 0 spiro atoms. The van der Waals surface area contributed by atoms with Crippen molar-refractivity contribution in [1.29, 1.82) is 0 Å². The van der Waals surface area contributed by atoms with E-state index in [-0.39, 0.29) is 5.56 Å². The van der Waals surface area contributed by atoms with Crippen LogP contribution in [0.2, 0.25) is 0 Å². The first-order chi connectivity index (χ1) is 15.2. The highest BCUT2D eigenvalue weighted by molar-refractivity contribution is 7.11. The van der Waals surface area contributed by atoms with E-state index in [1.54, 1.807) is 29.2 Å². The minimum absolute atomic E-state index is 0.0565. The van der Waals surface area contributed by atoms with Gasteiger partial charge >= 0.3 is 0 Å². The zero-order chi connectivity index (χ0) is 21.0. The van der Waals surface area contributed by atoms with Crippen LogP contribution in [0.4, 0.5) is 0 Å². The lowest BCUT2D eigenvalue weighted by molar-refractivity contribution is 0.122. The molecule has 0 amide bonds. The standard InChI is InChI=1S/C23H28N6OS/c30-23-8-7-19(18-4-3-9-24-16-18)26-29(23)15-14-27-10-12-28(13-11-27)17-22-25-20-5-1-2-6-21(20)31-22/h3-4,7-9,16H,1-2,5-6,10-15,17H2. The lowest BCUT2D eigenvalue weighted by Gasteiger charge is -2.34. The van der Waals surface area contributed by atoms with E-state index in [0.29, 0.717) is 6.54 Å². The fourth-order valence-corrected chi connectivity index (χ4v) is 5.55. The maximum atomic E-state index is 12.3. The van der Waals surface area contributed by atoms with Gasteiger partial charge in [0.1, 0.15) is 5.01 Å². The molecule has 0 saturated carbocycles. The molecule has 0 N–H and O–H groups in total. The SMILES string of the molecule is O=c1ccc(-c2cccnc2)nn1CCN1CCN(Cc2nc3c(s2)CCCC3)CC1. The Bertz CT molecular complexity index is 1050. The molecule has 4 heterocycles. The van der Waals surface area contributed by atoms with Gasteiger partial charge in [-0.2, -0.15) is 5.10 Å². The van der Waals surface area contributed by atoms with Crippen molar-refractivity contribution in [2.45, 2.75) is 38.8 Å². The van der Waals surface area contributed by atoms with Crippen molar-refractivity contribution >= 4 is 11.3 Å². The Hall–Kier alpha value is -2.42. The third kappa shape index (κ3) is 4.92. The molecule has 31 heavy (non-hydrogen) atoms. The van der Waals surface area contributed by atoms with E-state index in [2.05, 4.69) is 19.9 Å². The van der Waals surface area contributed by atoms with Gasteiger partial charge in [-0.15, -0.1) is 11.3 Å². The first kappa shape index (κ1) is 20.5. The Labute approximate surface area is 186 Å². The normalized spacial score (nSPS) is 17.5. The molecule has 2 aliphatic rings. The van der Waals surface area contributed by atoms with Gasteiger partial charge in [0.25, 0.3) is 5.56 Å². The Morgan fingerprint density at radius 1 is 0.968 bits per heavy atom. The predicted octanol–water partition coefficient (Wildman–Crippen LogP) is 2.46. The zero-order valence-corrected chi connectivity index (χ0v) is 18.6. The van der Waals surface area contributed by atoms with E-state index in [9.17, 15) is 4.79 Å². The van der Waals surface area contributed by atoms with E-state index in [1.165, 1.54) is 34.8 Å². The van der Waals surface area contributed by atoms with Gasteiger partial charge in [0.2, 0.25) is 0 Å². The third-order valence-electron chi connectivity index (χ3n) is 6.17. The van der Waals surface area contributed by atoms with E-state index in [4.69, 9.17) is 4.98 Å². The maximum absolute atomic E-state index is 12.3. The largest absolute Gasteiger partial charge is 0.299 e. The highest BCUT2D eigenvalue weighted by Gasteiger charge is 2.20. The molecule has 8 heteroatoms. The second-order valence-corrected chi connectivity index (χ2v) is 9.49. The number of aromatic nitrogens is 4. The molecule has 0 atom stereocenters. The van der Waals surface area contributed by atoms with Gasteiger partial charge in [0.05, 0.1) is 24.5 Å². The first-order valence-electron chi connectivity index (χ1n) is 11.2. The minimum atomic E-state index is -0.0565. The van der Waals surface area contributed by atoms with Crippen LogP contribution in [0.15, 0.2) is 41.5 Å². The number of hydrogen-bond donors (Lipinski definition) is 0. The highest BCUT2D eigenvalue weighted by Crippen LogP contribution is 2.27. The van der Waals surface area contributed by atoms with E-state index in [0.717, 1.165) is 56.9 Å². The number of piperazine rings is 1. The molecule has 1 saturated heterocycles.